The number of likely N-dealkylation sites (tertiary alicyclic amines) is 1. The van der Waals surface area contributed by atoms with Gasteiger partial charge in [-0.1, -0.05) is 17.7 Å². The molecule has 1 aromatic rings. The summed E-state index contributed by atoms with van der Waals surface area (Å²) in [6.07, 6.45) is 0. The molecule has 2 aliphatic heterocycles. The highest BCUT2D eigenvalue weighted by Gasteiger charge is 2.39. The highest BCUT2D eigenvalue weighted by molar-refractivity contribution is 5.48. The fourth-order valence-corrected chi connectivity index (χ4v) is 3.47. The topological polar surface area (TPSA) is 32.5 Å². The Morgan fingerprint density at radius 1 is 1.00 bits per heavy atom. The van der Waals surface area contributed by atoms with Gasteiger partial charge in [0.15, 0.2) is 0 Å². The van der Waals surface area contributed by atoms with Crippen molar-refractivity contribution in [3.8, 4) is 0 Å². The normalized spacial score (nSPS) is 32.6. The molecule has 0 aromatic heterocycles. The van der Waals surface area contributed by atoms with Crippen LogP contribution in [0.2, 0.25) is 0 Å². The van der Waals surface area contributed by atoms with Gasteiger partial charge in [-0.05, 0) is 26.1 Å². The molecule has 2 atom stereocenters. The van der Waals surface area contributed by atoms with E-state index in [9.17, 15) is 0 Å². The number of anilines is 1. The molecule has 3 heteroatoms. The number of rotatable bonds is 1. The molecule has 0 aliphatic carbocycles. The smallest absolute Gasteiger partial charge is 0.0366 e. The molecule has 0 spiro atoms. The summed E-state index contributed by atoms with van der Waals surface area (Å²) >= 11 is 0. The molecule has 0 amide bonds. The SMILES string of the molecule is Cc1ccc(N2CC3CN(C)CC(C2)C3N)cc1. The third kappa shape index (κ3) is 2.13. The van der Waals surface area contributed by atoms with Crippen LogP contribution in [0.1, 0.15) is 5.56 Å². The summed E-state index contributed by atoms with van der Waals surface area (Å²) < 4.78 is 0. The lowest BCUT2D eigenvalue weighted by Gasteiger charge is -2.49. The third-order valence-electron chi connectivity index (χ3n) is 4.49. The van der Waals surface area contributed by atoms with Gasteiger partial charge in [0.25, 0.3) is 0 Å². The molecule has 3 rings (SSSR count). The summed E-state index contributed by atoms with van der Waals surface area (Å²) in [5.74, 6) is 1.23. The van der Waals surface area contributed by atoms with Crippen LogP contribution in [-0.4, -0.2) is 44.2 Å². The first-order valence-electron chi connectivity index (χ1n) is 6.89. The number of nitrogens with two attached hydrogens (primary N) is 1. The fraction of sp³-hybridized carbons (Fsp3) is 0.600. The maximum atomic E-state index is 6.36. The summed E-state index contributed by atoms with van der Waals surface area (Å²) in [7, 11) is 2.22. The summed E-state index contributed by atoms with van der Waals surface area (Å²) in [6, 6.07) is 9.28. The van der Waals surface area contributed by atoms with Crippen LogP contribution >= 0.6 is 0 Å². The van der Waals surface area contributed by atoms with Gasteiger partial charge in [0.2, 0.25) is 0 Å². The Morgan fingerprint density at radius 2 is 1.56 bits per heavy atom. The van der Waals surface area contributed by atoms with E-state index < -0.39 is 0 Å². The van der Waals surface area contributed by atoms with Crippen molar-refractivity contribution in [2.45, 2.75) is 13.0 Å². The van der Waals surface area contributed by atoms with E-state index in [2.05, 4.69) is 48.0 Å². The van der Waals surface area contributed by atoms with Gasteiger partial charge < -0.3 is 15.5 Å². The van der Waals surface area contributed by atoms with E-state index >= 15 is 0 Å². The van der Waals surface area contributed by atoms with Crippen molar-refractivity contribution in [1.29, 1.82) is 0 Å². The first-order valence-corrected chi connectivity index (χ1v) is 6.89. The zero-order chi connectivity index (χ0) is 12.7. The summed E-state index contributed by atoms with van der Waals surface area (Å²) in [6.45, 7) is 6.62. The van der Waals surface area contributed by atoms with Crippen molar-refractivity contribution < 1.29 is 0 Å². The minimum Gasteiger partial charge on any atom is -0.371 e. The molecule has 98 valence electrons. The van der Waals surface area contributed by atoms with Gasteiger partial charge in [0.05, 0.1) is 0 Å². The van der Waals surface area contributed by atoms with E-state index in [-0.39, 0.29) is 0 Å². The maximum absolute atomic E-state index is 6.36. The van der Waals surface area contributed by atoms with E-state index in [0.717, 1.165) is 26.2 Å². The van der Waals surface area contributed by atoms with Crippen LogP contribution in [0.5, 0.6) is 0 Å². The molecular weight excluding hydrogens is 222 g/mol. The van der Waals surface area contributed by atoms with Crippen LogP contribution in [0.4, 0.5) is 5.69 Å². The molecule has 2 unspecified atom stereocenters. The molecule has 0 radical (unpaired) electrons. The number of hydrogen-bond acceptors (Lipinski definition) is 3. The van der Waals surface area contributed by atoms with Crippen molar-refractivity contribution >= 4 is 5.69 Å². The van der Waals surface area contributed by atoms with E-state index in [1.165, 1.54) is 11.3 Å². The monoisotopic (exact) mass is 245 g/mol. The lowest BCUT2D eigenvalue weighted by atomic mass is 9.80. The molecule has 2 bridgehead atoms. The van der Waals surface area contributed by atoms with Crippen LogP contribution in [0, 0.1) is 18.8 Å². The number of fused-ring (bicyclic) bond motifs is 2. The van der Waals surface area contributed by atoms with Crippen molar-refractivity contribution in [1.82, 2.24) is 4.90 Å². The van der Waals surface area contributed by atoms with E-state index in [4.69, 9.17) is 5.73 Å². The lowest BCUT2D eigenvalue weighted by molar-refractivity contribution is 0.107. The Kier molecular flexibility index (Phi) is 3.04. The molecule has 2 N–H and O–H groups in total. The molecule has 2 fully saturated rings. The standard InChI is InChI=1S/C15H23N3/c1-11-3-5-14(6-4-11)18-9-12-7-17(2)8-13(10-18)15(12)16/h3-6,12-13,15H,7-10,16H2,1-2H3. The van der Waals surface area contributed by atoms with Gasteiger partial charge in [-0.3, -0.25) is 0 Å². The van der Waals surface area contributed by atoms with Gasteiger partial charge in [-0.25, -0.2) is 0 Å². The lowest BCUT2D eigenvalue weighted by Crippen LogP contribution is -2.62. The summed E-state index contributed by atoms with van der Waals surface area (Å²) in [5.41, 5.74) is 9.04. The molecule has 2 aliphatic rings. The van der Waals surface area contributed by atoms with Crippen molar-refractivity contribution in [3.05, 3.63) is 29.8 Å². The molecule has 2 saturated heterocycles. The zero-order valence-electron chi connectivity index (χ0n) is 11.3. The number of nitrogens with zero attached hydrogens (tertiary/aromatic N) is 2. The number of benzene rings is 1. The number of hydrogen-bond donors (Lipinski definition) is 1. The molecule has 18 heavy (non-hydrogen) atoms. The molecule has 3 nitrogen and oxygen atoms in total. The van der Waals surface area contributed by atoms with Gasteiger partial charge >= 0.3 is 0 Å². The highest BCUT2D eigenvalue weighted by atomic mass is 15.2. The first kappa shape index (κ1) is 12.0. The second-order valence-corrected chi connectivity index (χ2v) is 6.06. The van der Waals surface area contributed by atoms with Crippen molar-refractivity contribution in [3.63, 3.8) is 0 Å². The Bertz CT molecular complexity index is 398. The number of aryl methyl sites for hydroxylation is 1. The van der Waals surface area contributed by atoms with Gasteiger partial charge in [-0.15, -0.1) is 0 Å². The fourth-order valence-electron chi connectivity index (χ4n) is 3.47. The largest absolute Gasteiger partial charge is 0.371 e. The van der Waals surface area contributed by atoms with Crippen LogP contribution in [0.25, 0.3) is 0 Å². The van der Waals surface area contributed by atoms with Crippen molar-refractivity contribution in [2.24, 2.45) is 17.6 Å². The second-order valence-electron chi connectivity index (χ2n) is 6.06. The van der Waals surface area contributed by atoms with E-state index in [1.807, 2.05) is 0 Å². The first-order chi connectivity index (χ1) is 8.63. The predicted octanol–water partition coefficient (Wildman–Crippen LogP) is 1.32. The van der Waals surface area contributed by atoms with Crippen LogP contribution < -0.4 is 10.6 Å². The zero-order valence-corrected chi connectivity index (χ0v) is 11.3. The Hall–Kier alpha value is -1.06. The van der Waals surface area contributed by atoms with Gasteiger partial charge in [-0.2, -0.15) is 0 Å². The molecular formula is C15H23N3. The Labute approximate surface area is 110 Å². The van der Waals surface area contributed by atoms with Crippen LogP contribution in [0.15, 0.2) is 24.3 Å². The van der Waals surface area contributed by atoms with Crippen LogP contribution in [0.3, 0.4) is 0 Å². The Morgan fingerprint density at radius 3 is 2.11 bits per heavy atom. The van der Waals surface area contributed by atoms with E-state index in [1.54, 1.807) is 0 Å². The van der Waals surface area contributed by atoms with Crippen molar-refractivity contribution in [2.75, 3.05) is 38.1 Å². The summed E-state index contributed by atoms with van der Waals surface area (Å²) in [5, 5.41) is 0. The minimum absolute atomic E-state index is 0.392. The minimum atomic E-state index is 0.392. The van der Waals surface area contributed by atoms with Gasteiger partial charge in [0, 0.05) is 49.7 Å². The predicted molar refractivity (Wildman–Crippen MR) is 75.8 cm³/mol. The second kappa shape index (κ2) is 4.56. The van der Waals surface area contributed by atoms with E-state index in [0.29, 0.717) is 17.9 Å². The molecule has 2 heterocycles. The quantitative estimate of drug-likeness (QED) is 0.810. The molecule has 0 saturated carbocycles. The Balaban J connectivity index is 1.79. The van der Waals surface area contributed by atoms with Gasteiger partial charge in [0.1, 0.15) is 0 Å². The average Bonchev–Trinajstić information content (AvgIpc) is 2.32. The number of piperidine rings is 2. The summed E-state index contributed by atoms with van der Waals surface area (Å²) in [4.78, 5) is 4.95. The average molecular weight is 245 g/mol. The maximum Gasteiger partial charge on any atom is 0.0366 e. The molecule has 1 aromatic carbocycles. The highest BCUT2D eigenvalue weighted by Crippen LogP contribution is 2.30. The third-order valence-corrected chi connectivity index (χ3v) is 4.49. The van der Waals surface area contributed by atoms with Crippen LogP contribution in [-0.2, 0) is 0 Å².